The van der Waals surface area contributed by atoms with Gasteiger partial charge in [-0.15, -0.1) is 0 Å². The van der Waals surface area contributed by atoms with E-state index in [1.54, 1.807) is 63.8 Å². The molecule has 2 rings (SSSR count). The Labute approximate surface area is 135 Å². The van der Waals surface area contributed by atoms with E-state index in [2.05, 4.69) is 0 Å². The van der Waals surface area contributed by atoms with Crippen LogP contribution in [-0.4, -0.2) is 27.3 Å². The van der Waals surface area contributed by atoms with E-state index in [0.29, 0.717) is 23.0 Å². The lowest BCUT2D eigenvalue weighted by molar-refractivity contribution is -0.128. The molecule has 0 aliphatic carbocycles. The van der Waals surface area contributed by atoms with Crippen LogP contribution in [0.15, 0.2) is 48.5 Å². The van der Waals surface area contributed by atoms with E-state index in [1.807, 2.05) is 6.07 Å². The van der Waals surface area contributed by atoms with Crippen molar-refractivity contribution < 1.29 is 23.7 Å². The maximum Gasteiger partial charge on any atom is 0.336 e. The number of rotatable bonds is 6. The summed E-state index contributed by atoms with van der Waals surface area (Å²) in [6.45, 7) is 0. The summed E-state index contributed by atoms with van der Waals surface area (Å²) in [6.07, 6.45) is 3.00. The molecule has 0 bridgehead atoms. The van der Waals surface area contributed by atoms with Crippen molar-refractivity contribution in [3.05, 3.63) is 54.1 Å². The lowest BCUT2D eigenvalue weighted by atomic mass is 10.2. The third-order valence-electron chi connectivity index (χ3n) is 3.10. The summed E-state index contributed by atoms with van der Waals surface area (Å²) in [7, 11) is 4.70. The summed E-state index contributed by atoms with van der Waals surface area (Å²) in [4.78, 5) is 11.8. The molecule has 0 atom stereocenters. The molecule has 0 aliphatic heterocycles. The number of benzene rings is 2. The van der Waals surface area contributed by atoms with Crippen LogP contribution in [0.1, 0.15) is 5.56 Å². The number of carbonyl (C=O) groups excluding carboxylic acids is 1. The maximum atomic E-state index is 11.8. The molecule has 0 fully saturated rings. The second-order valence-electron chi connectivity index (χ2n) is 4.54. The lowest BCUT2D eigenvalue weighted by Crippen LogP contribution is -2.03. The zero-order valence-corrected chi connectivity index (χ0v) is 13.2. The molecule has 23 heavy (non-hydrogen) atoms. The van der Waals surface area contributed by atoms with Gasteiger partial charge in [0, 0.05) is 6.08 Å². The van der Waals surface area contributed by atoms with Crippen molar-refractivity contribution in [2.45, 2.75) is 0 Å². The van der Waals surface area contributed by atoms with Gasteiger partial charge in [0.1, 0.15) is 11.5 Å². The molecule has 120 valence electrons. The quantitative estimate of drug-likeness (QED) is 0.465. The Morgan fingerprint density at radius 1 is 0.826 bits per heavy atom. The van der Waals surface area contributed by atoms with Crippen LogP contribution in [0.4, 0.5) is 0 Å². The smallest absolute Gasteiger partial charge is 0.336 e. The summed E-state index contributed by atoms with van der Waals surface area (Å²) in [5.41, 5.74) is 0.800. The van der Waals surface area contributed by atoms with Crippen LogP contribution in [0.2, 0.25) is 0 Å². The van der Waals surface area contributed by atoms with E-state index in [0.717, 1.165) is 5.56 Å². The van der Waals surface area contributed by atoms with E-state index < -0.39 is 5.97 Å². The second-order valence-corrected chi connectivity index (χ2v) is 4.54. The number of methoxy groups -OCH3 is 3. The molecular formula is C18H18O5. The van der Waals surface area contributed by atoms with Crippen molar-refractivity contribution in [2.75, 3.05) is 21.3 Å². The highest BCUT2D eigenvalue weighted by Crippen LogP contribution is 2.28. The van der Waals surface area contributed by atoms with Gasteiger partial charge < -0.3 is 18.9 Å². The van der Waals surface area contributed by atoms with Gasteiger partial charge in [-0.05, 0) is 48.0 Å². The van der Waals surface area contributed by atoms with Crippen LogP contribution in [0.3, 0.4) is 0 Å². The Bertz CT molecular complexity index is 689. The predicted octanol–water partition coefficient (Wildman–Crippen LogP) is 3.33. The van der Waals surface area contributed by atoms with Crippen molar-refractivity contribution in [3.8, 4) is 23.0 Å². The maximum absolute atomic E-state index is 11.8. The standard InChI is InChI=1S/C18H18O5/c1-20-14-6-8-15(9-7-14)23-18(19)11-5-13-4-10-16(21-2)17(12-13)22-3/h4-12H,1-3H3. The highest BCUT2D eigenvalue weighted by molar-refractivity contribution is 5.88. The minimum absolute atomic E-state index is 0.452. The van der Waals surface area contributed by atoms with Gasteiger partial charge in [-0.3, -0.25) is 0 Å². The van der Waals surface area contributed by atoms with Gasteiger partial charge in [0.25, 0.3) is 0 Å². The van der Waals surface area contributed by atoms with Crippen molar-refractivity contribution in [2.24, 2.45) is 0 Å². The molecule has 0 amide bonds. The molecule has 5 heteroatoms. The Morgan fingerprint density at radius 3 is 2.09 bits per heavy atom. The Balaban J connectivity index is 2.02. The Morgan fingerprint density at radius 2 is 1.48 bits per heavy atom. The lowest BCUT2D eigenvalue weighted by Gasteiger charge is -2.07. The summed E-state index contributed by atoms with van der Waals surface area (Å²) >= 11 is 0. The topological polar surface area (TPSA) is 54.0 Å². The minimum Gasteiger partial charge on any atom is -0.497 e. The zero-order chi connectivity index (χ0) is 16.7. The number of hydrogen-bond acceptors (Lipinski definition) is 5. The predicted molar refractivity (Wildman–Crippen MR) is 87.2 cm³/mol. The Hall–Kier alpha value is -2.95. The monoisotopic (exact) mass is 314 g/mol. The fraction of sp³-hybridized carbons (Fsp3) is 0.167. The molecule has 0 heterocycles. The van der Waals surface area contributed by atoms with Crippen molar-refractivity contribution in [1.82, 2.24) is 0 Å². The first-order chi connectivity index (χ1) is 11.2. The largest absolute Gasteiger partial charge is 0.497 e. The molecule has 0 radical (unpaired) electrons. The number of ether oxygens (including phenoxy) is 4. The van der Waals surface area contributed by atoms with Gasteiger partial charge >= 0.3 is 5.97 Å². The summed E-state index contributed by atoms with van der Waals surface area (Å²) in [5, 5.41) is 0. The number of carbonyl (C=O) groups is 1. The van der Waals surface area contributed by atoms with Crippen molar-refractivity contribution >= 4 is 12.0 Å². The summed E-state index contributed by atoms with van der Waals surface area (Å²) < 4.78 is 20.6. The molecule has 2 aromatic rings. The molecule has 0 aromatic heterocycles. The first-order valence-electron chi connectivity index (χ1n) is 6.92. The summed E-state index contributed by atoms with van der Waals surface area (Å²) in [6, 6.07) is 12.1. The minimum atomic E-state index is -0.468. The molecule has 2 aromatic carbocycles. The van der Waals surface area contributed by atoms with E-state index in [1.165, 1.54) is 6.08 Å². The summed E-state index contributed by atoms with van der Waals surface area (Å²) in [5.74, 6) is 1.91. The van der Waals surface area contributed by atoms with Crippen LogP contribution in [0.5, 0.6) is 23.0 Å². The van der Waals surface area contributed by atoms with E-state index >= 15 is 0 Å². The fourth-order valence-electron chi connectivity index (χ4n) is 1.91. The van der Waals surface area contributed by atoms with E-state index in [4.69, 9.17) is 18.9 Å². The van der Waals surface area contributed by atoms with Gasteiger partial charge in [-0.25, -0.2) is 4.79 Å². The second kappa shape index (κ2) is 7.89. The van der Waals surface area contributed by atoms with Crippen molar-refractivity contribution in [3.63, 3.8) is 0 Å². The third kappa shape index (κ3) is 4.51. The van der Waals surface area contributed by atoms with Crippen LogP contribution in [0.25, 0.3) is 6.08 Å². The van der Waals surface area contributed by atoms with E-state index in [9.17, 15) is 4.79 Å². The van der Waals surface area contributed by atoms with E-state index in [-0.39, 0.29) is 0 Å². The average molecular weight is 314 g/mol. The number of hydrogen-bond donors (Lipinski definition) is 0. The molecule has 0 N–H and O–H groups in total. The highest BCUT2D eigenvalue weighted by Gasteiger charge is 2.04. The van der Waals surface area contributed by atoms with Gasteiger partial charge in [-0.1, -0.05) is 6.07 Å². The van der Waals surface area contributed by atoms with Crippen molar-refractivity contribution in [1.29, 1.82) is 0 Å². The highest BCUT2D eigenvalue weighted by atomic mass is 16.5. The van der Waals surface area contributed by atoms with Crippen LogP contribution in [-0.2, 0) is 4.79 Å². The van der Waals surface area contributed by atoms with Crippen LogP contribution in [0, 0.1) is 0 Å². The van der Waals surface area contributed by atoms with Crippen LogP contribution < -0.4 is 18.9 Å². The van der Waals surface area contributed by atoms with Gasteiger partial charge in [0.15, 0.2) is 11.5 Å². The SMILES string of the molecule is COc1ccc(OC(=O)C=Cc2ccc(OC)c(OC)c2)cc1. The van der Waals surface area contributed by atoms with Gasteiger partial charge in [-0.2, -0.15) is 0 Å². The average Bonchev–Trinajstić information content (AvgIpc) is 2.60. The van der Waals surface area contributed by atoms with Gasteiger partial charge in [0.05, 0.1) is 21.3 Å². The third-order valence-corrected chi connectivity index (χ3v) is 3.10. The first kappa shape index (κ1) is 16.4. The van der Waals surface area contributed by atoms with Crippen LogP contribution >= 0.6 is 0 Å². The molecule has 0 unspecified atom stereocenters. The Kier molecular flexibility index (Phi) is 5.63. The molecule has 0 aliphatic rings. The molecule has 0 spiro atoms. The fourth-order valence-corrected chi connectivity index (χ4v) is 1.91. The molecule has 0 saturated heterocycles. The first-order valence-corrected chi connectivity index (χ1v) is 6.92. The zero-order valence-electron chi connectivity index (χ0n) is 13.2. The number of esters is 1. The normalized spacial score (nSPS) is 10.4. The molecule has 0 saturated carbocycles. The molecular weight excluding hydrogens is 296 g/mol. The van der Waals surface area contributed by atoms with Gasteiger partial charge in [0.2, 0.25) is 0 Å². The molecule has 5 nitrogen and oxygen atoms in total.